The maximum absolute atomic E-state index is 12.0. The fourth-order valence-electron chi connectivity index (χ4n) is 2.57. The van der Waals surface area contributed by atoms with E-state index in [-0.39, 0.29) is 17.8 Å². The standard InChI is InChI=1S/C16H18N2O3/c1-21-16(20)14-8-13(9-17-10-14)11-4-6-18(7-5-11)15(19)12-2-3-12/h4,8-10,12H,2-3,5-7H2,1H3. The van der Waals surface area contributed by atoms with E-state index in [0.717, 1.165) is 36.9 Å². The van der Waals surface area contributed by atoms with Crippen LogP contribution in [0.4, 0.5) is 0 Å². The third-order valence-corrected chi connectivity index (χ3v) is 3.98. The van der Waals surface area contributed by atoms with E-state index in [1.807, 2.05) is 4.90 Å². The average Bonchev–Trinajstić information content (AvgIpc) is 3.38. The second-order valence-electron chi connectivity index (χ2n) is 5.49. The summed E-state index contributed by atoms with van der Waals surface area (Å²) in [4.78, 5) is 29.6. The van der Waals surface area contributed by atoms with Gasteiger partial charge in [0.1, 0.15) is 0 Å². The number of amides is 1. The Balaban J connectivity index is 1.73. The largest absolute Gasteiger partial charge is 0.465 e. The summed E-state index contributed by atoms with van der Waals surface area (Å²) < 4.78 is 4.71. The van der Waals surface area contributed by atoms with Gasteiger partial charge in [0.15, 0.2) is 0 Å². The number of esters is 1. The summed E-state index contributed by atoms with van der Waals surface area (Å²) in [5, 5.41) is 0. The molecule has 0 bridgehead atoms. The summed E-state index contributed by atoms with van der Waals surface area (Å²) in [7, 11) is 1.36. The molecule has 1 aromatic heterocycles. The normalized spacial score (nSPS) is 18.1. The van der Waals surface area contributed by atoms with Crippen molar-refractivity contribution in [3.8, 4) is 0 Å². The van der Waals surface area contributed by atoms with E-state index in [1.54, 1.807) is 12.3 Å². The van der Waals surface area contributed by atoms with E-state index in [9.17, 15) is 9.59 Å². The van der Waals surface area contributed by atoms with Crippen molar-refractivity contribution in [3.05, 3.63) is 35.7 Å². The number of rotatable bonds is 3. The molecule has 2 aliphatic rings. The van der Waals surface area contributed by atoms with Crippen molar-refractivity contribution in [3.63, 3.8) is 0 Å². The maximum atomic E-state index is 12.0. The van der Waals surface area contributed by atoms with Gasteiger partial charge in [0.2, 0.25) is 5.91 Å². The highest BCUT2D eigenvalue weighted by Crippen LogP contribution is 2.32. The molecule has 5 nitrogen and oxygen atoms in total. The van der Waals surface area contributed by atoms with Gasteiger partial charge in [-0.15, -0.1) is 0 Å². The Morgan fingerprint density at radius 1 is 1.33 bits per heavy atom. The SMILES string of the molecule is COC(=O)c1cncc(C2=CCN(C(=O)C3CC3)CC2)c1. The van der Waals surface area contributed by atoms with Gasteiger partial charge in [-0.3, -0.25) is 9.78 Å². The zero-order valence-electron chi connectivity index (χ0n) is 12.0. The highest BCUT2D eigenvalue weighted by atomic mass is 16.5. The molecule has 110 valence electrons. The number of nitrogens with zero attached hydrogens (tertiary/aromatic N) is 2. The molecule has 0 N–H and O–H groups in total. The summed E-state index contributed by atoms with van der Waals surface area (Å²) in [6, 6.07) is 1.79. The van der Waals surface area contributed by atoms with Gasteiger partial charge < -0.3 is 9.64 Å². The number of aromatic nitrogens is 1. The van der Waals surface area contributed by atoms with E-state index in [1.165, 1.54) is 13.3 Å². The fourth-order valence-corrected chi connectivity index (χ4v) is 2.57. The molecule has 21 heavy (non-hydrogen) atoms. The van der Waals surface area contributed by atoms with Gasteiger partial charge in [-0.25, -0.2) is 4.79 Å². The minimum absolute atomic E-state index is 0.268. The average molecular weight is 286 g/mol. The first-order valence-electron chi connectivity index (χ1n) is 7.20. The number of ether oxygens (including phenoxy) is 1. The molecule has 1 fully saturated rings. The van der Waals surface area contributed by atoms with Gasteiger partial charge in [0.25, 0.3) is 0 Å². The number of hydrogen-bond acceptors (Lipinski definition) is 4. The first kappa shape index (κ1) is 13.8. The van der Waals surface area contributed by atoms with Crippen LogP contribution in [0.2, 0.25) is 0 Å². The number of pyridine rings is 1. The smallest absolute Gasteiger partial charge is 0.339 e. The monoisotopic (exact) mass is 286 g/mol. The zero-order chi connectivity index (χ0) is 14.8. The first-order chi connectivity index (χ1) is 10.2. The van der Waals surface area contributed by atoms with Crippen LogP contribution in [0.25, 0.3) is 5.57 Å². The minimum Gasteiger partial charge on any atom is -0.465 e. The highest BCUT2D eigenvalue weighted by molar-refractivity contribution is 5.90. The molecular formula is C16H18N2O3. The highest BCUT2D eigenvalue weighted by Gasteiger charge is 2.33. The minimum atomic E-state index is -0.383. The number of carbonyl (C=O) groups is 2. The van der Waals surface area contributed by atoms with Gasteiger partial charge in [-0.05, 0) is 36.5 Å². The van der Waals surface area contributed by atoms with Gasteiger partial charge in [-0.1, -0.05) is 6.08 Å². The van der Waals surface area contributed by atoms with Crippen LogP contribution < -0.4 is 0 Å². The van der Waals surface area contributed by atoms with Crippen LogP contribution in [0.1, 0.15) is 35.2 Å². The van der Waals surface area contributed by atoms with E-state index < -0.39 is 0 Å². The Morgan fingerprint density at radius 2 is 2.14 bits per heavy atom. The Bertz CT molecular complexity index is 605. The molecule has 3 rings (SSSR count). The lowest BCUT2D eigenvalue weighted by Gasteiger charge is -2.26. The van der Waals surface area contributed by atoms with Crippen LogP contribution in [-0.4, -0.2) is 42.0 Å². The molecule has 1 aromatic rings. The molecule has 0 saturated heterocycles. The van der Waals surface area contributed by atoms with Crippen LogP contribution in [0.3, 0.4) is 0 Å². The quantitative estimate of drug-likeness (QED) is 0.796. The maximum Gasteiger partial charge on any atom is 0.339 e. The Labute approximate surface area is 123 Å². The third kappa shape index (κ3) is 2.96. The second kappa shape index (κ2) is 5.68. The lowest BCUT2D eigenvalue weighted by molar-refractivity contribution is -0.132. The first-order valence-corrected chi connectivity index (χ1v) is 7.20. The molecule has 0 aromatic carbocycles. The van der Waals surface area contributed by atoms with Crippen molar-refractivity contribution < 1.29 is 14.3 Å². The molecule has 1 aliphatic heterocycles. The second-order valence-corrected chi connectivity index (χ2v) is 5.49. The summed E-state index contributed by atoms with van der Waals surface area (Å²) in [6.45, 7) is 1.39. The topological polar surface area (TPSA) is 59.5 Å². The van der Waals surface area contributed by atoms with Gasteiger partial charge in [0, 0.05) is 31.4 Å². The molecule has 1 saturated carbocycles. The van der Waals surface area contributed by atoms with Gasteiger partial charge in [0.05, 0.1) is 12.7 Å². The third-order valence-electron chi connectivity index (χ3n) is 3.98. The predicted molar refractivity (Wildman–Crippen MR) is 77.5 cm³/mol. The van der Waals surface area contributed by atoms with Crippen molar-refractivity contribution in [2.75, 3.05) is 20.2 Å². The van der Waals surface area contributed by atoms with Crippen molar-refractivity contribution in [2.45, 2.75) is 19.3 Å². The Hall–Kier alpha value is -2.17. The van der Waals surface area contributed by atoms with Crippen LogP contribution in [0, 0.1) is 5.92 Å². The van der Waals surface area contributed by atoms with Gasteiger partial charge in [-0.2, -0.15) is 0 Å². The summed E-state index contributed by atoms with van der Waals surface area (Å²) >= 11 is 0. The van der Waals surface area contributed by atoms with Crippen LogP contribution >= 0.6 is 0 Å². The summed E-state index contributed by atoms with van der Waals surface area (Å²) in [6.07, 6.45) is 8.18. The molecule has 1 aliphatic carbocycles. The van der Waals surface area contributed by atoms with Crippen molar-refractivity contribution >= 4 is 17.4 Å². The molecule has 0 spiro atoms. The van der Waals surface area contributed by atoms with Crippen LogP contribution in [0.5, 0.6) is 0 Å². The van der Waals surface area contributed by atoms with Crippen LogP contribution in [-0.2, 0) is 9.53 Å². The van der Waals surface area contributed by atoms with E-state index in [0.29, 0.717) is 12.1 Å². The summed E-state index contributed by atoms with van der Waals surface area (Å²) in [5.74, 6) is 0.169. The van der Waals surface area contributed by atoms with Crippen molar-refractivity contribution in [2.24, 2.45) is 5.92 Å². The van der Waals surface area contributed by atoms with Crippen LogP contribution in [0.15, 0.2) is 24.5 Å². The molecule has 0 unspecified atom stereocenters. The molecule has 1 amide bonds. The van der Waals surface area contributed by atoms with E-state index in [4.69, 9.17) is 4.74 Å². The van der Waals surface area contributed by atoms with E-state index >= 15 is 0 Å². The molecule has 2 heterocycles. The molecular weight excluding hydrogens is 268 g/mol. The molecule has 0 atom stereocenters. The number of carbonyl (C=O) groups excluding carboxylic acids is 2. The van der Waals surface area contributed by atoms with E-state index in [2.05, 4.69) is 11.1 Å². The van der Waals surface area contributed by atoms with Crippen molar-refractivity contribution in [1.82, 2.24) is 9.88 Å². The lowest BCUT2D eigenvalue weighted by atomic mass is 9.99. The molecule has 5 heteroatoms. The Kier molecular flexibility index (Phi) is 3.73. The molecule has 0 radical (unpaired) electrons. The fraction of sp³-hybridized carbons (Fsp3) is 0.438. The lowest BCUT2D eigenvalue weighted by Crippen LogP contribution is -2.35. The van der Waals surface area contributed by atoms with Crippen molar-refractivity contribution in [1.29, 1.82) is 0 Å². The summed E-state index contributed by atoms with van der Waals surface area (Å²) in [5.41, 5.74) is 2.51. The number of hydrogen-bond donors (Lipinski definition) is 0. The Morgan fingerprint density at radius 3 is 2.76 bits per heavy atom. The predicted octanol–water partition coefficient (Wildman–Crippen LogP) is 1.89. The zero-order valence-corrected chi connectivity index (χ0v) is 12.0. The number of methoxy groups -OCH3 is 1. The van der Waals surface area contributed by atoms with Gasteiger partial charge >= 0.3 is 5.97 Å².